The third kappa shape index (κ3) is 4.75. The Labute approximate surface area is 124 Å². The van der Waals surface area contributed by atoms with Gasteiger partial charge >= 0.3 is 12.0 Å². The molecule has 0 saturated carbocycles. The number of carbonyl (C=O) groups is 2. The van der Waals surface area contributed by atoms with Gasteiger partial charge in [0.2, 0.25) is 0 Å². The molecule has 1 heterocycles. The Morgan fingerprint density at radius 1 is 1.33 bits per heavy atom. The molecule has 1 aliphatic rings. The highest BCUT2D eigenvalue weighted by Crippen LogP contribution is 2.06. The summed E-state index contributed by atoms with van der Waals surface area (Å²) < 4.78 is 0. The van der Waals surface area contributed by atoms with Gasteiger partial charge in [0.1, 0.15) is 0 Å². The number of nitrogens with one attached hydrogen (secondary N) is 2. The van der Waals surface area contributed by atoms with Gasteiger partial charge in [-0.05, 0) is 44.1 Å². The summed E-state index contributed by atoms with van der Waals surface area (Å²) in [6.07, 6.45) is 1.67. The van der Waals surface area contributed by atoms with E-state index >= 15 is 0 Å². The van der Waals surface area contributed by atoms with E-state index in [0.29, 0.717) is 13.0 Å². The van der Waals surface area contributed by atoms with Gasteiger partial charge in [0.25, 0.3) is 0 Å². The number of carboxylic acid groups (broad SMARTS) is 1. The molecule has 0 radical (unpaired) electrons. The Morgan fingerprint density at radius 3 is 2.62 bits per heavy atom. The summed E-state index contributed by atoms with van der Waals surface area (Å²) in [7, 11) is 2.04. The van der Waals surface area contributed by atoms with Crippen molar-refractivity contribution in [2.45, 2.75) is 18.9 Å². The number of aromatic carboxylic acids is 1. The molecular weight excluding hydrogens is 270 g/mol. The Hall–Kier alpha value is -2.08. The average molecular weight is 291 g/mol. The molecule has 0 bridgehead atoms. The molecule has 114 valence electrons. The number of hydrogen-bond acceptors (Lipinski definition) is 3. The summed E-state index contributed by atoms with van der Waals surface area (Å²) >= 11 is 0. The van der Waals surface area contributed by atoms with Crippen LogP contribution in [0.5, 0.6) is 0 Å². The highest BCUT2D eigenvalue weighted by molar-refractivity contribution is 5.87. The molecule has 6 nitrogen and oxygen atoms in total. The van der Waals surface area contributed by atoms with Crippen molar-refractivity contribution < 1.29 is 14.7 Å². The van der Waals surface area contributed by atoms with E-state index in [9.17, 15) is 9.59 Å². The predicted molar refractivity (Wildman–Crippen MR) is 79.5 cm³/mol. The number of nitrogens with zero attached hydrogens (tertiary/aromatic N) is 1. The zero-order valence-electron chi connectivity index (χ0n) is 12.1. The number of carboxylic acids is 1. The molecule has 21 heavy (non-hydrogen) atoms. The van der Waals surface area contributed by atoms with Crippen LogP contribution in [0.4, 0.5) is 4.79 Å². The van der Waals surface area contributed by atoms with Crippen LogP contribution in [-0.4, -0.2) is 54.7 Å². The molecule has 0 aliphatic carbocycles. The van der Waals surface area contributed by atoms with Crippen molar-refractivity contribution in [3.05, 3.63) is 35.4 Å². The maximum Gasteiger partial charge on any atom is 0.335 e. The normalized spacial score (nSPS) is 18.4. The third-order valence-electron chi connectivity index (χ3n) is 3.63. The Morgan fingerprint density at radius 2 is 2.05 bits per heavy atom. The van der Waals surface area contributed by atoms with E-state index in [-0.39, 0.29) is 17.6 Å². The van der Waals surface area contributed by atoms with Gasteiger partial charge in [-0.2, -0.15) is 0 Å². The standard InChI is InChI=1S/C15H21N3O3/c1-18-9-7-13(10-18)17-15(21)16-8-6-11-2-4-12(5-3-11)14(19)20/h2-5,13H,6-10H2,1H3,(H,19,20)(H2,16,17,21). The minimum Gasteiger partial charge on any atom is -0.478 e. The number of likely N-dealkylation sites (N-methyl/N-ethyl adjacent to an activating group) is 1. The van der Waals surface area contributed by atoms with Crippen LogP contribution in [0.1, 0.15) is 22.3 Å². The number of hydrogen-bond donors (Lipinski definition) is 3. The van der Waals surface area contributed by atoms with Gasteiger partial charge in [-0.15, -0.1) is 0 Å². The largest absolute Gasteiger partial charge is 0.478 e. The molecule has 2 rings (SSSR count). The van der Waals surface area contributed by atoms with Crippen LogP contribution in [0.25, 0.3) is 0 Å². The number of benzene rings is 1. The van der Waals surface area contributed by atoms with Crippen molar-refractivity contribution in [3.63, 3.8) is 0 Å². The van der Waals surface area contributed by atoms with Crippen LogP contribution in [0.2, 0.25) is 0 Å². The minimum atomic E-state index is -0.930. The van der Waals surface area contributed by atoms with E-state index in [1.54, 1.807) is 24.3 Å². The van der Waals surface area contributed by atoms with Crippen molar-refractivity contribution in [2.24, 2.45) is 0 Å². The fourth-order valence-electron chi connectivity index (χ4n) is 2.42. The topological polar surface area (TPSA) is 81.7 Å². The molecule has 0 spiro atoms. The average Bonchev–Trinajstić information content (AvgIpc) is 2.84. The van der Waals surface area contributed by atoms with E-state index in [2.05, 4.69) is 15.5 Å². The molecule has 1 unspecified atom stereocenters. The summed E-state index contributed by atoms with van der Waals surface area (Å²) in [5.74, 6) is -0.930. The molecule has 0 aromatic heterocycles. The van der Waals surface area contributed by atoms with Crippen molar-refractivity contribution in [2.75, 3.05) is 26.7 Å². The fraction of sp³-hybridized carbons (Fsp3) is 0.467. The highest BCUT2D eigenvalue weighted by Gasteiger charge is 2.20. The van der Waals surface area contributed by atoms with E-state index in [1.807, 2.05) is 7.05 Å². The zero-order chi connectivity index (χ0) is 15.2. The molecule has 3 N–H and O–H groups in total. The molecule has 1 aromatic rings. The molecule has 6 heteroatoms. The van der Waals surface area contributed by atoms with E-state index < -0.39 is 5.97 Å². The number of likely N-dealkylation sites (tertiary alicyclic amines) is 1. The first-order valence-electron chi connectivity index (χ1n) is 7.10. The summed E-state index contributed by atoms with van der Waals surface area (Å²) in [6.45, 7) is 2.44. The van der Waals surface area contributed by atoms with Gasteiger partial charge in [-0.3, -0.25) is 0 Å². The summed E-state index contributed by atoms with van der Waals surface area (Å²) in [5, 5.41) is 14.6. The quantitative estimate of drug-likeness (QED) is 0.754. The highest BCUT2D eigenvalue weighted by atomic mass is 16.4. The first kappa shape index (κ1) is 15.3. The van der Waals surface area contributed by atoms with Gasteiger partial charge in [-0.1, -0.05) is 12.1 Å². The van der Waals surface area contributed by atoms with Crippen molar-refractivity contribution in [3.8, 4) is 0 Å². The predicted octanol–water partition coefficient (Wildman–Crippen LogP) is 0.931. The van der Waals surface area contributed by atoms with Crippen LogP contribution in [0.15, 0.2) is 24.3 Å². The van der Waals surface area contributed by atoms with Crippen LogP contribution < -0.4 is 10.6 Å². The number of amides is 2. The number of carbonyl (C=O) groups excluding carboxylic acids is 1. The maximum absolute atomic E-state index is 11.7. The van der Waals surface area contributed by atoms with Crippen LogP contribution >= 0.6 is 0 Å². The van der Waals surface area contributed by atoms with Crippen molar-refractivity contribution in [1.82, 2.24) is 15.5 Å². The monoisotopic (exact) mass is 291 g/mol. The van der Waals surface area contributed by atoms with Gasteiger partial charge < -0.3 is 20.6 Å². The van der Waals surface area contributed by atoms with Gasteiger partial charge in [-0.25, -0.2) is 9.59 Å². The summed E-state index contributed by atoms with van der Waals surface area (Å²) in [5.41, 5.74) is 1.27. The SMILES string of the molecule is CN1CCC(NC(=O)NCCc2ccc(C(=O)O)cc2)C1. The lowest BCUT2D eigenvalue weighted by molar-refractivity contribution is 0.0697. The molecule has 1 atom stereocenters. The second-order valence-electron chi connectivity index (χ2n) is 5.40. The van der Waals surface area contributed by atoms with Crippen LogP contribution in [0.3, 0.4) is 0 Å². The lowest BCUT2D eigenvalue weighted by atomic mass is 10.1. The first-order valence-corrected chi connectivity index (χ1v) is 7.10. The molecule has 1 saturated heterocycles. The van der Waals surface area contributed by atoms with Crippen molar-refractivity contribution in [1.29, 1.82) is 0 Å². The van der Waals surface area contributed by atoms with E-state index in [0.717, 1.165) is 25.1 Å². The second-order valence-corrected chi connectivity index (χ2v) is 5.40. The lowest BCUT2D eigenvalue weighted by Gasteiger charge is -2.13. The summed E-state index contributed by atoms with van der Waals surface area (Å²) in [6, 6.07) is 6.78. The van der Waals surface area contributed by atoms with Gasteiger partial charge in [0.05, 0.1) is 5.56 Å². The Kier molecular flexibility index (Phi) is 5.16. The maximum atomic E-state index is 11.7. The second kappa shape index (κ2) is 7.08. The Balaban J connectivity index is 1.68. The van der Waals surface area contributed by atoms with E-state index in [1.165, 1.54) is 0 Å². The Bertz CT molecular complexity index is 501. The van der Waals surface area contributed by atoms with Crippen molar-refractivity contribution >= 4 is 12.0 Å². The number of rotatable bonds is 5. The van der Waals surface area contributed by atoms with Crippen LogP contribution in [0, 0.1) is 0 Å². The third-order valence-corrected chi connectivity index (χ3v) is 3.63. The molecule has 1 aromatic carbocycles. The molecule has 1 fully saturated rings. The first-order chi connectivity index (χ1) is 10.0. The van der Waals surface area contributed by atoms with Crippen LogP contribution in [-0.2, 0) is 6.42 Å². The smallest absolute Gasteiger partial charge is 0.335 e. The minimum absolute atomic E-state index is 0.141. The zero-order valence-corrected chi connectivity index (χ0v) is 12.1. The lowest BCUT2D eigenvalue weighted by Crippen LogP contribution is -2.43. The molecule has 1 aliphatic heterocycles. The number of urea groups is 1. The fourth-order valence-corrected chi connectivity index (χ4v) is 2.42. The van der Waals surface area contributed by atoms with Gasteiger partial charge in [0.15, 0.2) is 0 Å². The van der Waals surface area contributed by atoms with E-state index in [4.69, 9.17) is 5.11 Å². The summed E-state index contributed by atoms with van der Waals surface area (Å²) in [4.78, 5) is 24.6. The molecular formula is C15H21N3O3. The van der Waals surface area contributed by atoms with Gasteiger partial charge in [0, 0.05) is 19.1 Å². The molecule has 2 amide bonds.